The fraction of sp³-hybridized carbons (Fsp3) is 0.0909. The molecule has 0 fully saturated rings. The molecule has 0 heterocycles. The highest BCUT2D eigenvalue weighted by atomic mass is 17.1. The second kappa shape index (κ2) is 3.65. The van der Waals surface area contributed by atoms with Crippen LogP contribution in [-0.4, -0.2) is 10.4 Å². The maximum atomic E-state index is 9.55. The molecule has 0 spiro atoms. The zero-order valence-corrected chi connectivity index (χ0v) is 7.47. The Bertz CT molecular complexity index is 451. The van der Waals surface area contributed by atoms with E-state index < -0.39 is 0 Å². The van der Waals surface area contributed by atoms with Crippen molar-refractivity contribution in [2.24, 2.45) is 0 Å². The highest BCUT2D eigenvalue weighted by Crippen LogP contribution is 2.25. The highest BCUT2D eigenvalue weighted by Gasteiger charge is 2.03. The van der Waals surface area contributed by atoms with Gasteiger partial charge in [-0.3, -0.25) is 5.26 Å². The van der Waals surface area contributed by atoms with Gasteiger partial charge in [0.25, 0.3) is 0 Å². The van der Waals surface area contributed by atoms with Gasteiger partial charge in [-0.2, -0.15) is 0 Å². The van der Waals surface area contributed by atoms with Crippen LogP contribution in [0.4, 0.5) is 0 Å². The Balaban J connectivity index is 2.59. The molecular weight excluding hydrogens is 180 g/mol. The van der Waals surface area contributed by atoms with Crippen LogP contribution < -0.4 is 0 Å². The molecule has 0 unspecified atom stereocenters. The third-order valence-corrected chi connectivity index (χ3v) is 2.17. The number of fused-ring (bicyclic) bond motifs is 1. The van der Waals surface area contributed by atoms with Crippen molar-refractivity contribution in [2.75, 3.05) is 0 Å². The second-order valence-electron chi connectivity index (χ2n) is 3.10. The summed E-state index contributed by atoms with van der Waals surface area (Å²) < 4.78 is 0. The fourth-order valence-electron chi connectivity index (χ4n) is 1.46. The third-order valence-electron chi connectivity index (χ3n) is 2.17. The van der Waals surface area contributed by atoms with Crippen LogP contribution in [0.3, 0.4) is 0 Å². The van der Waals surface area contributed by atoms with E-state index in [1.54, 1.807) is 12.1 Å². The maximum absolute atomic E-state index is 9.55. The topological polar surface area (TPSA) is 49.7 Å². The first kappa shape index (κ1) is 8.99. The average Bonchev–Trinajstić information content (AvgIpc) is 2.19. The van der Waals surface area contributed by atoms with Gasteiger partial charge in [0.05, 0.1) is 0 Å². The number of hydrogen-bond donors (Lipinski definition) is 2. The summed E-state index contributed by atoms with van der Waals surface area (Å²) in [6.45, 7) is -0.00331. The first-order valence-electron chi connectivity index (χ1n) is 4.28. The number of benzene rings is 2. The molecule has 14 heavy (non-hydrogen) atoms. The summed E-state index contributed by atoms with van der Waals surface area (Å²) in [4.78, 5) is 4.00. The van der Waals surface area contributed by atoms with Gasteiger partial charge in [-0.1, -0.05) is 24.3 Å². The van der Waals surface area contributed by atoms with Crippen molar-refractivity contribution in [3.8, 4) is 5.75 Å². The number of aromatic hydroxyl groups is 1. The van der Waals surface area contributed by atoms with Gasteiger partial charge in [-0.15, -0.1) is 0 Å². The van der Waals surface area contributed by atoms with Gasteiger partial charge in [-0.05, 0) is 22.9 Å². The molecule has 0 aliphatic heterocycles. The molecule has 0 aromatic heterocycles. The summed E-state index contributed by atoms with van der Waals surface area (Å²) >= 11 is 0. The first-order valence-corrected chi connectivity index (χ1v) is 4.28. The molecule has 2 aromatic carbocycles. The SMILES string of the molecule is OOCc1cc2ccccc2cc1O. The van der Waals surface area contributed by atoms with Crippen molar-refractivity contribution in [2.45, 2.75) is 6.61 Å². The molecule has 2 rings (SSSR count). The number of rotatable bonds is 2. The molecule has 0 radical (unpaired) electrons. The van der Waals surface area contributed by atoms with Crippen molar-refractivity contribution < 1.29 is 15.3 Å². The Labute approximate surface area is 81.1 Å². The Kier molecular flexibility index (Phi) is 2.35. The van der Waals surface area contributed by atoms with E-state index in [4.69, 9.17) is 5.26 Å². The van der Waals surface area contributed by atoms with E-state index in [0.29, 0.717) is 5.56 Å². The molecule has 72 valence electrons. The van der Waals surface area contributed by atoms with Gasteiger partial charge >= 0.3 is 0 Å². The van der Waals surface area contributed by atoms with Crippen LogP contribution in [0.25, 0.3) is 10.8 Å². The molecular formula is C11H10O3. The zero-order valence-electron chi connectivity index (χ0n) is 7.47. The largest absolute Gasteiger partial charge is 0.508 e. The molecule has 0 saturated carbocycles. The van der Waals surface area contributed by atoms with Gasteiger partial charge in [0, 0.05) is 5.56 Å². The smallest absolute Gasteiger partial charge is 0.121 e. The molecule has 0 atom stereocenters. The lowest BCUT2D eigenvalue weighted by molar-refractivity contribution is -0.253. The average molecular weight is 190 g/mol. The Morgan fingerprint density at radius 3 is 2.36 bits per heavy atom. The number of hydrogen-bond acceptors (Lipinski definition) is 3. The van der Waals surface area contributed by atoms with Crippen LogP contribution in [0.2, 0.25) is 0 Å². The summed E-state index contributed by atoms with van der Waals surface area (Å²) in [6.07, 6.45) is 0. The molecule has 0 aliphatic carbocycles. The van der Waals surface area contributed by atoms with Crippen molar-refractivity contribution >= 4 is 10.8 Å². The van der Waals surface area contributed by atoms with Crippen molar-refractivity contribution in [1.82, 2.24) is 0 Å². The van der Waals surface area contributed by atoms with E-state index in [1.807, 2.05) is 24.3 Å². The maximum Gasteiger partial charge on any atom is 0.121 e. The first-order chi connectivity index (χ1) is 6.81. The monoisotopic (exact) mass is 190 g/mol. The number of phenols is 1. The van der Waals surface area contributed by atoms with Crippen LogP contribution >= 0.6 is 0 Å². The van der Waals surface area contributed by atoms with Gasteiger partial charge < -0.3 is 5.11 Å². The lowest BCUT2D eigenvalue weighted by atomic mass is 10.1. The minimum atomic E-state index is -0.00331. The van der Waals surface area contributed by atoms with E-state index in [9.17, 15) is 5.11 Å². The van der Waals surface area contributed by atoms with E-state index in [0.717, 1.165) is 10.8 Å². The molecule has 2 N–H and O–H groups in total. The predicted octanol–water partition coefficient (Wildman–Crippen LogP) is 2.54. The third kappa shape index (κ3) is 1.55. The number of phenolic OH excluding ortho intramolecular Hbond substituents is 1. The summed E-state index contributed by atoms with van der Waals surface area (Å²) in [5.41, 5.74) is 0.575. The van der Waals surface area contributed by atoms with Gasteiger partial charge in [0.15, 0.2) is 0 Å². The van der Waals surface area contributed by atoms with Gasteiger partial charge in [-0.25, -0.2) is 4.89 Å². The summed E-state index contributed by atoms with van der Waals surface area (Å²) in [5.74, 6) is 0.137. The second-order valence-corrected chi connectivity index (χ2v) is 3.10. The van der Waals surface area contributed by atoms with E-state index in [-0.39, 0.29) is 12.4 Å². The van der Waals surface area contributed by atoms with E-state index >= 15 is 0 Å². The predicted molar refractivity (Wildman–Crippen MR) is 53.0 cm³/mol. The zero-order chi connectivity index (χ0) is 9.97. The summed E-state index contributed by atoms with van der Waals surface area (Å²) in [5, 5.41) is 19.8. The molecule has 0 aliphatic rings. The highest BCUT2D eigenvalue weighted by molar-refractivity contribution is 5.84. The van der Waals surface area contributed by atoms with Gasteiger partial charge in [0.1, 0.15) is 12.4 Å². The molecule has 0 saturated heterocycles. The van der Waals surface area contributed by atoms with Crippen LogP contribution in [0.15, 0.2) is 36.4 Å². The van der Waals surface area contributed by atoms with E-state index in [1.165, 1.54) is 0 Å². The van der Waals surface area contributed by atoms with Crippen LogP contribution in [0.1, 0.15) is 5.56 Å². The van der Waals surface area contributed by atoms with Crippen molar-refractivity contribution in [3.05, 3.63) is 42.0 Å². The van der Waals surface area contributed by atoms with Crippen molar-refractivity contribution in [3.63, 3.8) is 0 Å². The molecule has 0 bridgehead atoms. The van der Waals surface area contributed by atoms with Crippen LogP contribution in [0, 0.1) is 0 Å². The van der Waals surface area contributed by atoms with Gasteiger partial charge in [0.2, 0.25) is 0 Å². The molecule has 3 heteroatoms. The minimum Gasteiger partial charge on any atom is -0.508 e. The minimum absolute atomic E-state index is 0.00331. The Hall–Kier alpha value is -1.58. The molecule has 0 amide bonds. The Morgan fingerprint density at radius 1 is 1.07 bits per heavy atom. The molecule has 2 aromatic rings. The quantitative estimate of drug-likeness (QED) is 0.565. The van der Waals surface area contributed by atoms with Crippen LogP contribution in [-0.2, 0) is 11.5 Å². The van der Waals surface area contributed by atoms with Crippen molar-refractivity contribution in [1.29, 1.82) is 0 Å². The fourth-order valence-corrected chi connectivity index (χ4v) is 1.46. The standard InChI is InChI=1S/C11H10O3/c12-11-6-9-4-2-1-3-8(9)5-10(11)7-14-13/h1-6,12-13H,7H2. The normalized spacial score (nSPS) is 10.6. The summed E-state index contributed by atoms with van der Waals surface area (Å²) in [7, 11) is 0. The van der Waals surface area contributed by atoms with E-state index in [2.05, 4.69) is 4.89 Å². The Morgan fingerprint density at radius 2 is 1.71 bits per heavy atom. The van der Waals surface area contributed by atoms with Crippen LogP contribution in [0.5, 0.6) is 5.75 Å². The lowest BCUT2D eigenvalue weighted by Gasteiger charge is -2.04. The molecule has 3 nitrogen and oxygen atoms in total. The lowest BCUT2D eigenvalue weighted by Crippen LogP contribution is -1.88. The summed E-state index contributed by atoms with van der Waals surface area (Å²) in [6, 6.07) is 11.1.